The first kappa shape index (κ1) is 27.0. The summed E-state index contributed by atoms with van der Waals surface area (Å²) >= 11 is 0. The fourth-order valence-electron chi connectivity index (χ4n) is 2.30. The monoisotopic (exact) mass is 473 g/mol. The second-order valence-corrected chi connectivity index (χ2v) is 7.63. The summed E-state index contributed by atoms with van der Waals surface area (Å²) in [7, 11) is 0. The average molecular weight is 473 g/mol. The maximum absolute atomic E-state index is 12.9. The standard InChI is InChI=1S/C19H21F6NO6/c1-17(2,3)32-16(30)26-13(4-5-15(28)29)14(27)9-31-12-7-10(18(20,21)22)6-11(8-12)19(23,24)25/h6-8,13H,4-5,9H2,1-3H3,(H,26,30)(H,28,29). The summed E-state index contributed by atoms with van der Waals surface area (Å²) in [6.07, 6.45) is -12.3. The predicted octanol–water partition coefficient (Wildman–Crippen LogP) is 4.43. The van der Waals surface area contributed by atoms with Gasteiger partial charge in [0.25, 0.3) is 0 Å². The van der Waals surface area contributed by atoms with E-state index in [4.69, 9.17) is 14.6 Å². The van der Waals surface area contributed by atoms with E-state index in [1.165, 1.54) is 20.8 Å². The first-order chi connectivity index (χ1) is 14.4. The van der Waals surface area contributed by atoms with Gasteiger partial charge in [-0.25, -0.2) is 4.79 Å². The summed E-state index contributed by atoms with van der Waals surface area (Å²) in [6.45, 7) is 3.54. The Labute approximate surface area is 178 Å². The van der Waals surface area contributed by atoms with Crippen LogP contribution in [0.5, 0.6) is 5.75 Å². The number of amides is 1. The number of aliphatic carboxylic acids is 1. The van der Waals surface area contributed by atoms with Crippen LogP contribution in [0.4, 0.5) is 31.1 Å². The zero-order chi connectivity index (χ0) is 24.9. The summed E-state index contributed by atoms with van der Waals surface area (Å²) in [5.74, 6) is -3.17. The molecule has 7 nitrogen and oxygen atoms in total. The second kappa shape index (κ2) is 10.1. The number of halogens is 6. The van der Waals surface area contributed by atoms with Gasteiger partial charge in [0.15, 0.2) is 5.78 Å². The second-order valence-electron chi connectivity index (χ2n) is 7.63. The third-order valence-corrected chi connectivity index (χ3v) is 3.67. The number of Topliss-reactive ketones (excluding diaryl/α,β-unsaturated/α-hetero) is 1. The van der Waals surface area contributed by atoms with E-state index >= 15 is 0 Å². The number of benzene rings is 1. The van der Waals surface area contributed by atoms with Gasteiger partial charge in [0.2, 0.25) is 0 Å². The minimum atomic E-state index is -5.11. The zero-order valence-corrected chi connectivity index (χ0v) is 17.2. The molecule has 0 aliphatic heterocycles. The topological polar surface area (TPSA) is 102 Å². The molecule has 1 aromatic rings. The number of rotatable bonds is 8. The molecule has 0 saturated carbocycles. The average Bonchev–Trinajstić information content (AvgIpc) is 2.59. The van der Waals surface area contributed by atoms with Crippen LogP contribution in [0.3, 0.4) is 0 Å². The lowest BCUT2D eigenvalue weighted by Gasteiger charge is -2.23. The fraction of sp³-hybridized carbons (Fsp3) is 0.526. The maximum Gasteiger partial charge on any atom is 0.416 e. The Morgan fingerprint density at radius 3 is 1.88 bits per heavy atom. The molecule has 13 heteroatoms. The third-order valence-electron chi connectivity index (χ3n) is 3.67. The molecular formula is C19H21F6NO6. The number of alkyl halides is 6. The fourth-order valence-corrected chi connectivity index (χ4v) is 2.30. The Morgan fingerprint density at radius 2 is 1.47 bits per heavy atom. The van der Waals surface area contributed by atoms with E-state index in [1.807, 2.05) is 0 Å². The molecule has 0 spiro atoms. The summed E-state index contributed by atoms with van der Waals surface area (Å²) in [6, 6.07) is -0.991. The molecule has 1 aromatic carbocycles. The normalized spacial score (nSPS) is 13.3. The Balaban J connectivity index is 3.03. The highest BCUT2D eigenvalue weighted by atomic mass is 19.4. The maximum atomic E-state index is 12.9. The van der Waals surface area contributed by atoms with Crippen LogP contribution in [0.15, 0.2) is 18.2 Å². The van der Waals surface area contributed by atoms with Crippen LogP contribution in [-0.4, -0.2) is 41.2 Å². The molecule has 0 aliphatic rings. The van der Waals surface area contributed by atoms with Crippen molar-refractivity contribution in [1.82, 2.24) is 5.32 Å². The minimum absolute atomic E-state index is 0.103. The number of ether oxygens (including phenoxy) is 2. The van der Waals surface area contributed by atoms with Crippen LogP contribution < -0.4 is 10.1 Å². The quantitative estimate of drug-likeness (QED) is 0.542. The van der Waals surface area contributed by atoms with Gasteiger partial charge in [-0.2, -0.15) is 26.3 Å². The van der Waals surface area contributed by atoms with Gasteiger partial charge in [0.05, 0.1) is 17.2 Å². The first-order valence-electron chi connectivity index (χ1n) is 9.05. The number of carboxylic acids is 1. The summed E-state index contributed by atoms with van der Waals surface area (Å²) in [5.41, 5.74) is -4.22. The smallest absolute Gasteiger partial charge is 0.416 e. The van der Waals surface area contributed by atoms with Crippen LogP contribution in [-0.2, 0) is 26.7 Å². The molecule has 0 radical (unpaired) electrons. The molecule has 2 N–H and O–H groups in total. The van der Waals surface area contributed by atoms with E-state index in [9.17, 15) is 40.7 Å². The molecule has 32 heavy (non-hydrogen) atoms. The first-order valence-corrected chi connectivity index (χ1v) is 9.05. The van der Waals surface area contributed by atoms with Gasteiger partial charge in [0, 0.05) is 6.42 Å². The van der Waals surface area contributed by atoms with Crippen molar-refractivity contribution in [3.63, 3.8) is 0 Å². The number of ketones is 1. The molecule has 0 saturated heterocycles. The van der Waals surface area contributed by atoms with Crippen molar-refractivity contribution in [2.45, 2.75) is 57.6 Å². The third kappa shape index (κ3) is 9.43. The molecule has 0 aromatic heterocycles. The van der Waals surface area contributed by atoms with Crippen molar-refractivity contribution < 1.29 is 55.3 Å². The number of hydrogen-bond donors (Lipinski definition) is 2. The van der Waals surface area contributed by atoms with Crippen molar-refractivity contribution >= 4 is 17.8 Å². The lowest BCUT2D eigenvalue weighted by atomic mass is 10.1. The van der Waals surface area contributed by atoms with E-state index in [0.29, 0.717) is 0 Å². The van der Waals surface area contributed by atoms with Gasteiger partial charge < -0.3 is 19.9 Å². The summed E-state index contributed by atoms with van der Waals surface area (Å²) < 4.78 is 87.2. The number of hydrogen-bond acceptors (Lipinski definition) is 5. The lowest BCUT2D eigenvalue weighted by molar-refractivity contribution is -0.143. The zero-order valence-electron chi connectivity index (χ0n) is 17.2. The van der Waals surface area contributed by atoms with Gasteiger partial charge in [-0.15, -0.1) is 0 Å². The Kier molecular flexibility index (Phi) is 8.52. The predicted molar refractivity (Wildman–Crippen MR) is 97.0 cm³/mol. The molecule has 1 unspecified atom stereocenters. The molecule has 0 heterocycles. The molecule has 0 aliphatic carbocycles. The van der Waals surface area contributed by atoms with Crippen LogP contribution >= 0.6 is 0 Å². The van der Waals surface area contributed by atoms with Crippen molar-refractivity contribution in [3.8, 4) is 5.75 Å². The van der Waals surface area contributed by atoms with Crippen LogP contribution in [0, 0.1) is 0 Å². The SMILES string of the molecule is CC(C)(C)OC(=O)NC(CCC(=O)O)C(=O)COc1cc(C(F)(F)F)cc(C(F)(F)F)c1. The van der Waals surface area contributed by atoms with Crippen LogP contribution in [0.1, 0.15) is 44.7 Å². The van der Waals surface area contributed by atoms with Crippen molar-refractivity contribution in [2.75, 3.05) is 6.61 Å². The van der Waals surface area contributed by atoms with E-state index in [1.54, 1.807) is 0 Å². The number of carboxylic acid groups (broad SMARTS) is 1. The van der Waals surface area contributed by atoms with Crippen LogP contribution in [0.2, 0.25) is 0 Å². The van der Waals surface area contributed by atoms with Gasteiger partial charge in [-0.3, -0.25) is 9.59 Å². The molecular weight excluding hydrogens is 452 g/mol. The minimum Gasteiger partial charge on any atom is -0.486 e. The van der Waals surface area contributed by atoms with Gasteiger partial charge in [-0.1, -0.05) is 0 Å². The van der Waals surface area contributed by atoms with Gasteiger partial charge >= 0.3 is 24.4 Å². The largest absolute Gasteiger partial charge is 0.486 e. The van der Waals surface area contributed by atoms with Crippen LogP contribution in [0.25, 0.3) is 0 Å². The van der Waals surface area contributed by atoms with Crippen molar-refractivity contribution in [3.05, 3.63) is 29.3 Å². The summed E-state index contributed by atoms with van der Waals surface area (Å²) in [4.78, 5) is 35.0. The van der Waals surface area contributed by atoms with E-state index in [0.717, 1.165) is 0 Å². The number of carbonyl (C=O) groups excluding carboxylic acids is 2. The summed E-state index contributed by atoms with van der Waals surface area (Å²) in [5, 5.41) is 10.9. The Hall–Kier alpha value is -2.99. The van der Waals surface area contributed by atoms with Crippen molar-refractivity contribution in [1.29, 1.82) is 0 Å². The highest BCUT2D eigenvalue weighted by molar-refractivity contribution is 5.89. The van der Waals surface area contributed by atoms with E-state index in [-0.39, 0.29) is 18.2 Å². The number of nitrogens with one attached hydrogen (secondary N) is 1. The molecule has 180 valence electrons. The molecule has 1 rings (SSSR count). The Bertz CT molecular complexity index is 812. The van der Waals surface area contributed by atoms with Crippen molar-refractivity contribution in [2.24, 2.45) is 0 Å². The molecule has 1 atom stereocenters. The van der Waals surface area contributed by atoms with Gasteiger partial charge in [0.1, 0.15) is 18.0 Å². The van der Waals surface area contributed by atoms with Gasteiger partial charge in [-0.05, 0) is 45.4 Å². The van der Waals surface area contributed by atoms with E-state index in [2.05, 4.69) is 5.32 Å². The molecule has 0 fully saturated rings. The highest BCUT2D eigenvalue weighted by Crippen LogP contribution is 2.38. The molecule has 0 bridgehead atoms. The molecule has 1 amide bonds. The highest BCUT2D eigenvalue weighted by Gasteiger charge is 2.37. The lowest BCUT2D eigenvalue weighted by Crippen LogP contribution is -2.45. The van der Waals surface area contributed by atoms with E-state index < -0.39 is 78.2 Å². The Morgan fingerprint density at radius 1 is 0.969 bits per heavy atom. The number of alkyl carbamates (subject to hydrolysis) is 1. The number of carbonyl (C=O) groups is 3.